The van der Waals surface area contributed by atoms with Crippen LogP contribution in [0.25, 0.3) is 0 Å². The number of carbonyl (C=O) groups excluding carboxylic acids is 1. The van der Waals surface area contributed by atoms with Gasteiger partial charge in [0.15, 0.2) is 0 Å². The molecule has 1 atom stereocenters. The lowest BCUT2D eigenvalue weighted by Crippen LogP contribution is -2.31. The molecule has 136 valence electrons. The van der Waals surface area contributed by atoms with Crippen molar-refractivity contribution in [1.82, 2.24) is 5.32 Å². The number of carbonyl (C=O) groups is 1. The van der Waals surface area contributed by atoms with Crippen LogP contribution in [0.15, 0.2) is 42.5 Å². The highest BCUT2D eigenvalue weighted by atomic mass is 16.1. The van der Waals surface area contributed by atoms with Crippen molar-refractivity contribution in [1.29, 1.82) is 0 Å². The van der Waals surface area contributed by atoms with Crippen LogP contribution in [0.1, 0.15) is 62.4 Å². The van der Waals surface area contributed by atoms with Gasteiger partial charge in [0, 0.05) is 24.1 Å². The number of benzene rings is 2. The van der Waals surface area contributed by atoms with Gasteiger partial charge in [0.2, 0.25) is 5.91 Å². The molecule has 2 heteroatoms. The van der Waals surface area contributed by atoms with Crippen molar-refractivity contribution in [2.24, 2.45) is 0 Å². The second kappa shape index (κ2) is 8.23. The molecule has 2 aromatic carbocycles. The minimum absolute atomic E-state index is 0.00726. The first-order chi connectivity index (χ1) is 12.1. The van der Waals surface area contributed by atoms with E-state index in [1.807, 2.05) is 19.1 Å². The van der Waals surface area contributed by atoms with Gasteiger partial charge in [0.25, 0.3) is 0 Å². The fourth-order valence-corrected chi connectivity index (χ4v) is 2.89. The van der Waals surface area contributed by atoms with Crippen molar-refractivity contribution in [2.75, 3.05) is 0 Å². The minimum Gasteiger partial charge on any atom is -0.354 e. The van der Waals surface area contributed by atoms with Crippen LogP contribution in [-0.2, 0) is 16.6 Å². The van der Waals surface area contributed by atoms with E-state index in [0.29, 0.717) is 0 Å². The molecule has 2 nitrogen and oxygen atoms in total. The zero-order chi connectivity index (χ0) is 19.3. The quantitative estimate of drug-likeness (QED) is 0.797. The predicted molar refractivity (Wildman–Crippen MR) is 109 cm³/mol. The van der Waals surface area contributed by atoms with Crippen LogP contribution in [0, 0.1) is 18.8 Å². The fraction of sp³-hybridized carbons (Fsp3) is 0.375. The summed E-state index contributed by atoms with van der Waals surface area (Å²) in [6, 6.07) is 14.9. The van der Waals surface area contributed by atoms with Crippen molar-refractivity contribution >= 4 is 5.91 Å². The van der Waals surface area contributed by atoms with Crippen molar-refractivity contribution < 1.29 is 4.79 Å². The van der Waals surface area contributed by atoms with Gasteiger partial charge in [-0.05, 0) is 60.6 Å². The molecule has 0 aliphatic heterocycles. The highest BCUT2D eigenvalue weighted by Crippen LogP contribution is 2.24. The number of amides is 1. The van der Waals surface area contributed by atoms with Gasteiger partial charge >= 0.3 is 0 Å². The molecule has 0 aliphatic carbocycles. The molecule has 0 fully saturated rings. The predicted octanol–water partition coefficient (Wildman–Crippen LogP) is 4.76. The zero-order valence-corrected chi connectivity index (χ0v) is 16.7. The third-order valence-corrected chi connectivity index (χ3v) is 4.38. The fourth-order valence-electron chi connectivity index (χ4n) is 2.89. The average Bonchev–Trinajstić information content (AvgIpc) is 2.53. The van der Waals surface area contributed by atoms with E-state index >= 15 is 0 Å². The Morgan fingerprint density at radius 2 is 1.73 bits per heavy atom. The monoisotopic (exact) mass is 347 g/mol. The molecule has 0 bridgehead atoms. The van der Waals surface area contributed by atoms with Crippen molar-refractivity contribution in [3.63, 3.8) is 0 Å². The topological polar surface area (TPSA) is 29.1 Å². The first kappa shape index (κ1) is 19.8. The second-order valence-electron chi connectivity index (χ2n) is 8.03. The Kier molecular flexibility index (Phi) is 6.27. The maximum atomic E-state index is 11.1. The SMILES string of the molecule is CC(=O)NC(C)Cc1ccc(C#Cc2ccc(C(C)(C)C)cc2C)cc1. The molecule has 0 aromatic heterocycles. The standard InChI is InChI=1S/C24H29NO/c1-17-15-23(24(4,5)6)14-13-22(17)12-11-20-7-9-21(10-8-20)16-18(2)25-19(3)26/h7-10,13-15,18H,16H2,1-6H3,(H,25,26). The van der Waals surface area contributed by atoms with Crippen LogP contribution >= 0.6 is 0 Å². The molecule has 1 amide bonds. The van der Waals surface area contributed by atoms with Crippen LogP contribution in [0.3, 0.4) is 0 Å². The van der Waals surface area contributed by atoms with Gasteiger partial charge in [-0.1, -0.05) is 56.9 Å². The molecule has 26 heavy (non-hydrogen) atoms. The van der Waals surface area contributed by atoms with Gasteiger partial charge < -0.3 is 5.32 Å². The number of aryl methyl sites for hydroxylation is 1. The smallest absolute Gasteiger partial charge is 0.217 e. The molecule has 0 spiro atoms. The highest BCUT2D eigenvalue weighted by molar-refractivity contribution is 5.73. The van der Waals surface area contributed by atoms with Gasteiger partial charge in [-0.25, -0.2) is 0 Å². The molecule has 0 heterocycles. The zero-order valence-electron chi connectivity index (χ0n) is 16.7. The molecule has 2 aromatic rings. The Labute approximate surface area is 158 Å². The first-order valence-corrected chi connectivity index (χ1v) is 9.14. The van der Waals surface area contributed by atoms with Gasteiger partial charge in [0.05, 0.1) is 0 Å². The Bertz CT molecular complexity index is 829. The maximum Gasteiger partial charge on any atom is 0.217 e. The molecule has 1 N–H and O–H groups in total. The van der Waals surface area contributed by atoms with Crippen LogP contribution in [0.2, 0.25) is 0 Å². The molecule has 1 unspecified atom stereocenters. The number of hydrogen-bond donors (Lipinski definition) is 1. The highest BCUT2D eigenvalue weighted by Gasteiger charge is 2.13. The molecule has 0 saturated carbocycles. The van der Waals surface area contributed by atoms with Gasteiger partial charge in [-0.3, -0.25) is 4.79 Å². The van der Waals surface area contributed by atoms with E-state index in [2.05, 4.69) is 75.2 Å². The van der Waals surface area contributed by atoms with E-state index in [1.54, 1.807) is 6.92 Å². The summed E-state index contributed by atoms with van der Waals surface area (Å²) in [5, 5.41) is 2.91. The van der Waals surface area contributed by atoms with Gasteiger partial charge in [0.1, 0.15) is 0 Å². The molecule has 0 aliphatic rings. The number of hydrogen-bond acceptors (Lipinski definition) is 1. The Morgan fingerprint density at radius 3 is 2.27 bits per heavy atom. The van der Waals surface area contributed by atoms with Crippen LogP contribution in [0.5, 0.6) is 0 Å². The van der Waals surface area contributed by atoms with Crippen LogP contribution in [0.4, 0.5) is 0 Å². The number of rotatable bonds is 3. The normalized spacial score (nSPS) is 12.1. The van der Waals surface area contributed by atoms with E-state index in [1.165, 1.54) is 16.7 Å². The Balaban J connectivity index is 2.09. The second-order valence-corrected chi connectivity index (χ2v) is 8.03. The van der Waals surface area contributed by atoms with Crippen molar-refractivity contribution in [3.8, 4) is 11.8 Å². The average molecular weight is 348 g/mol. The van der Waals surface area contributed by atoms with E-state index in [-0.39, 0.29) is 17.4 Å². The molecule has 0 radical (unpaired) electrons. The van der Waals surface area contributed by atoms with E-state index in [9.17, 15) is 4.79 Å². The Hall–Kier alpha value is -2.53. The van der Waals surface area contributed by atoms with Crippen LogP contribution < -0.4 is 5.32 Å². The number of nitrogens with one attached hydrogen (secondary N) is 1. The van der Waals surface area contributed by atoms with Gasteiger partial charge in [-0.2, -0.15) is 0 Å². The molecular formula is C24H29NO. The van der Waals surface area contributed by atoms with E-state index in [0.717, 1.165) is 17.5 Å². The summed E-state index contributed by atoms with van der Waals surface area (Å²) >= 11 is 0. The van der Waals surface area contributed by atoms with E-state index < -0.39 is 0 Å². The summed E-state index contributed by atoms with van der Waals surface area (Å²) in [6.07, 6.45) is 0.820. The first-order valence-electron chi connectivity index (χ1n) is 9.14. The summed E-state index contributed by atoms with van der Waals surface area (Å²) in [4.78, 5) is 11.1. The third kappa shape index (κ3) is 5.77. The maximum absolute atomic E-state index is 11.1. The lowest BCUT2D eigenvalue weighted by Gasteiger charge is -2.19. The summed E-state index contributed by atoms with van der Waals surface area (Å²) < 4.78 is 0. The van der Waals surface area contributed by atoms with Gasteiger partial charge in [-0.15, -0.1) is 0 Å². The Morgan fingerprint density at radius 1 is 1.08 bits per heavy atom. The summed E-state index contributed by atoms with van der Waals surface area (Å²) in [6.45, 7) is 12.3. The largest absolute Gasteiger partial charge is 0.354 e. The molecular weight excluding hydrogens is 318 g/mol. The van der Waals surface area contributed by atoms with E-state index in [4.69, 9.17) is 0 Å². The van der Waals surface area contributed by atoms with Crippen molar-refractivity contribution in [3.05, 3.63) is 70.3 Å². The van der Waals surface area contributed by atoms with Crippen LogP contribution in [-0.4, -0.2) is 11.9 Å². The molecule has 0 saturated heterocycles. The molecule has 2 rings (SSSR count). The third-order valence-electron chi connectivity index (χ3n) is 4.38. The minimum atomic E-state index is 0.00726. The summed E-state index contributed by atoms with van der Waals surface area (Å²) in [5.41, 5.74) is 5.97. The lowest BCUT2D eigenvalue weighted by atomic mass is 9.85. The van der Waals surface area contributed by atoms with Crippen molar-refractivity contribution in [2.45, 2.75) is 59.4 Å². The summed E-state index contributed by atoms with van der Waals surface area (Å²) in [5.74, 6) is 6.55. The summed E-state index contributed by atoms with van der Waals surface area (Å²) in [7, 11) is 0. The lowest BCUT2D eigenvalue weighted by molar-refractivity contribution is -0.119.